The molecule has 1 heterocycles. The van der Waals surface area contributed by atoms with Crippen molar-refractivity contribution >= 4 is 0 Å². The van der Waals surface area contributed by atoms with Gasteiger partial charge in [-0.15, -0.1) is 5.10 Å². The fraction of sp³-hybridized carbons (Fsp3) is 0.750. The highest BCUT2D eigenvalue weighted by atomic mass is 16.5. The topological polar surface area (TPSA) is 66.0 Å². The molecular formula is C8H16N4O. The lowest BCUT2D eigenvalue weighted by molar-refractivity contribution is 0.281. The second kappa shape index (κ2) is 5.53. The van der Waals surface area contributed by atoms with Gasteiger partial charge in [-0.2, -0.15) is 4.98 Å². The van der Waals surface area contributed by atoms with Gasteiger partial charge in [-0.05, 0) is 25.8 Å². The van der Waals surface area contributed by atoms with Gasteiger partial charge in [0.15, 0.2) is 0 Å². The molecule has 0 aromatic carbocycles. The van der Waals surface area contributed by atoms with Crippen LogP contribution >= 0.6 is 0 Å². The molecule has 0 fully saturated rings. The molecule has 0 spiro atoms. The SMILES string of the molecule is Cn1cnc(OCCCCCN)n1. The Balaban J connectivity index is 2.06. The van der Waals surface area contributed by atoms with Crippen LogP contribution in [0.1, 0.15) is 19.3 Å². The number of aryl methyl sites for hydroxylation is 1. The van der Waals surface area contributed by atoms with Crippen LogP contribution in [0.5, 0.6) is 6.01 Å². The molecule has 1 aromatic heterocycles. The lowest BCUT2D eigenvalue weighted by Gasteiger charge is -1.99. The van der Waals surface area contributed by atoms with Gasteiger partial charge in [0.1, 0.15) is 6.33 Å². The number of hydrogen-bond donors (Lipinski definition) is 1. The van der Waals surface area contributed by atoms with Gasteiger partial charge in [0.25, 0.3) is 0 Å². The lowest BCUT2D eigenvalue weighted by atomic mass is 10.2. The van der Waals surface area contributed by atoms with Crippen molar-refractivity contribution in [1.29, 1.82) is 0 Å². The van der Waals surface area contributed by atoms with Crippen LogP contribution in [0, 0.1) is 0 Å². The standard InChI is InChI=1S/C8H16N4O/c1-12-7-10-8(11-12)13-6-4-2-3-5-9/h7H,2-6,9H2,1H3. The van der Waals surface area contributed by atoms with E-state index in [4.69, 9.17) is 10.5 Å². The highest BCUT2D eigenvalue weighted by Crippen LogP contribution is 2.00. The van der Waals surface area contributed by atoms with Gasteiger partial charge >= 0.3 is 6.01 Å². The van der Waals surface area contributed by atoms with Gasteiger partial charge in [0, 0.05) is 7.05 Å². The number of ether oxygens (including phenoxy) is 1. The van der Waals surface area contributed by atoms with Crippen LogP contribution in [0.15, 0.2) is 6.33 Å². The normalized spacial score (nSPS) is 10.3. The number of rotatable bonds is 6. The molecule has 74 valence electrons. The van der Waals surface area contributed by atoms with E-state index in [-0.39, 0.29) is 0 Å². The zero-order valence-electron chi connectivity index (χ0n) is 7.94. The Morgan fingerprint density at radius 2 is 2.31 bits per heavy atom. The van der Waals surface area contributed by atoms with Crippen LogP contribution in [0.4, 0.5) is 0 Å². The van der Waals surface area contributed by atoms with Crippen molar-refractivity contribution in [2.75, 3.05) is 13.2 Å². The summed E-state index contributed by atoms with van der Waals surface area (Å²) in [7, 11) is 1.81. The fourth-order valence-electron chi connectivity index (χ4n) is 0.972. The summed E-state index contributed by atoms with van der Waals surface area (Å²) in [6.45, 7) is 1.42. The van der Waals surface area contributed by atoms with E-state index >= 15 is 0 Å². The van der Waals surface area contributed by atoms with E-state index in [1.807, 2.05) is 7.05 Å². The minimum atomic E-state index is 0.454. The zero-order chi connectivity index (χ0) is 9.52. The molecule has 0 aliphatic heterocycles. The maximum atomic E-state index is 5.36. The molecule has 5 nitrogen and oxygen atoms in total. The average Bonchev–Trinajstić information content (AvgIpc) is 2.51. The number of nitrogens with zero attached hydrogens (tertiary/aromatic N) is 3. The molecule has 0 aliphatic rings. The Kier molecular flexibility index (Phi) is 4.25. The van der Waals surface area contributed by atoms with Crippen molar-refractivity contribution in [3.8, 4) is 6.01 Å². The Hall–Kier alpha value is -1.10. The van der Waals surface area contributed by atoms with Crippen LogP contribution in [-0.4, -0.2) is 27.9 Å². The number of aromatic nitrogens is 3. The number of nitrogens with two attached hydrogens (primary N) is 1. The first kappa shape index (κ1) is 9.98. The van der Waals surface area contributed by atoms with Crippen molar-refractivity contribution in [3.05, 3.63) is 6.33 Å². The third-order valence-corrected chi connectivity index (χ3v) is 1.66. The summed E-state index contributed by atoms with van der Waals surface area (Å²) in [6.07, 6.45) is 4.78. The molecule has 1 rings (SSSR count). The summed E-state index contributed by atoms with van der Waals surface area (Å²) in [5.74, 6) is 0. The van der Waals surface area contributed by atoms with E-state index in [1.165, 1.54) is 0 Å². The highest BCUT2D eigenvalue weighted by Gasteiger charge is 1.97. The first-order valence-electron chi connectivity index (χ1n) is 4.51. The molecular weight excluding hydrogens is 168 g/mol. The smallest absolute Gasteiger partial charge is 0.335 e. The zero-order valence-corrected chi connectivity index (χ0v) is 7.94. The molecule has 0 radical (unpaired) electrons. The molecule has 0 aliphatic carbocycles. The molecule has 2 N–H and O–H groups in total. The molecule has 0 saturated carbocycles. The van der Waals surface area contributed by atoms with Crippen LogP contribution in [-0.2, 0) is 7.05 Å². The van der Waals surface area contributed by atoms with E-state index in [2.05, 4.69) is 10.1 Å². The summed E-state index contributed by atoms with van der Waals surface area (Å²) in [4.78, 5) is 3.94. The predicted octanol–water partition coefficient (Wildman–Crippen LogP) is 0.323. The van der Waals surface area contributed by atoms with Gasteiger partial charge in [-0.3, -0.25) is 4.68 Å². The molecule has 1 aromatic rings. The quantitative estimate of drug-likeness (QED) is 0.647. The maximum Gasteiger partial charge on any atom is 0.335 e. The minimum Gasteiger partial charge on any atom is -0.462 e. The molecule has 0 bridgehead atoms. The van der Waals surface area contributed by atoms with Crippen molar-refractivity contribution in [1.82, 2.24) is 14.8 Å². The summed E-state index contributed by atoms with van der Waals surface area (Å²) >= 11 is 0. The fourth-order valence-corrected chi connectivity index (χ4v) is 0.972. The van der Waals surface area contributed by atoms with Gasteiger partial charge < -0.3 is 10.5 Å². The lowest BCUT2D eigenvalue weighted by Crippen LogP contribution is -2.02. The third kappa shape index (κ3) is 3.89. The molecule has 0 saturated heterocycles. The largest absolute Gasteiger partial charge is 0.462 e. The predicted molar refractivity (Wildman–Crippen MR) is 49.4 cm³/mol. The second-order valence-electron chi connectivity index (χ2n) is 2.90. The summed E-state index contributed by atoms with van der Waals surface area (Å²) in [6, 6.07) is 0.454. The monoisotopic (exact) mass is 184 g/mol. The summed E-state index contributed by atoms with van der Waals surface area (Å²) in [5, 5.41) is 3.99. The molecule has 13 heavy (non-hydrogen) atoms. The maximum absolute atomic E-state index is 5.36. The highest BCUT2D eigenvalue weighted by molar-refractivity contribution is 4.86. The van der Waals surface area contributed by atoms with Crippen LogP contribution in [0.3, 0.4) is 0 Å². The Morgan fingerprint density at radius 1 is 1.46 bits per heavy atom. The van der Waals surface area contributed by atoms with Gasteiger partial charge in [-0.25, -0.2) is 0 Å². The van der Waals surface area contributed by atoms with Crippen LogP contribution < -0.4 is 10.5 Å². The van der Waals surface area contributed by atoms with Crippen LogP contribution in [0.25, 0.3) is 0 Å². The molecule has 0 amide bonds. The first-order valence-corrected chi connectivity index (χ1v) is 4.51. The van der Waals surface area contributed by atoms with E-state index in [0.29, 0.717) is 12.6 Å². The van der Waals surface area contributed by atoms with Gasteiger partial charge in [0.05, 0.1) is 6.61 Å². The average molecular weight is 184 g/mol. The van der Waals surface area contributed by atoms with Crippen LogP contribution in [0.2, 0.25) is 0 Å². The minimum absolute atomic E-state index is 0.454. The molecule has 5 heteroatoms. The van der Waals surface area contributed by atoms with Crippen molar-refractivity contribution in [2.24, 2.45) is 12.8 Å². The van der Waals surface area contributed by atoms with Gasteiger partial charge in [0.2, 0.25) is 0 Å². The van der Waals surface area contributed by atoms with Crippen molar-refractivity contribution < 1.29 is 4.74 Å². The summed E-state index contributed by atoms with van der Waals surface area (Å²) < 4.78 is 6.91. The van der Waals surface area contributed by atoms with E-state index < -0.39 is 0 Å². The molecule has 0 unspecified atom stereocenters. The third-order valence-electron chi connectivity index (χ3n) is 1.66. The van der Waals surface area contributed by atoms with Gasteiger partial charge in [-0.1, -0.05) is 0 Å². The number of unbranched alkanes of at least 4 members (excludes halogenated alkanes) is 2. The van der Waals surface area contributed by atoms with E-state index in [0.717, 1.165) is 25.8 Å². The van der Waals surface area contributed by atoms with Crippen molar-refractivity contribution in [3.63, 3.8) is 0 Å². The number of hydrogen-bond acceptors (Lipinski definition) is 4. The summed E-state index contributed by atoms with van der Waals surface area (Å²) in [5.41, 5.74) is 5.36. The second-order valence-corrected chi connectivity index (χ2v) is 2.90. The Bertz CT molecular complexity index is 236. The first-order chi connectivity index (χ1) is 6.33. The van der Waals surface area contributed by atoms with E-state index in [9.17, 15) is 0 Å². The Morgan fingerprint density at radius 3 is 2.92 bits per heavy atom. The van der Waals surface area contributed by atoms with Crippen molar-refractivity contribution in [2.45, 2.75) is 19.3 Å². The molecule has 0 atom stereocenters. The van der Waals surface area contributed by atoms with E-state index in [1.54, 1.807) is 11.0 Å². The Labute approximate surface area is 77.9 Å².